The SMILES string of the molecule is Cc1ccc2c(c1)c1c(n2CC(O)Cn2c3ccccc3c3ccccc32)CCN(C)C1. The molecule has 5 aromatic rings. The number of aryl methyl sites for hydroxylation is 1. The third-order valence-corrected chi connectivity index (χ3v) is 7.07. The molecule has 162 valence electrons. The molecule has 32 heavy (non-hydrogen) atoms. The number of nitrogens with zero attached hydrogens (tertiary/aromatic N) is 3. The summed E-state index contributed by atoms with van der Waals surface area (Å²) in [7, 11) is 2.19. The van der Waals surface area contributed by atoms with E-state index in [4.69, 9.17) is 0 Å². The van der Waals surface area contributed by atoms with E-state index in [1.54, 1.807) is 0 Å². The standard InChI is InChI=1S/C28H29N3O/c1-19-11-12-27-23(15-19)24-18-29(2)14-13-28(24)31(27)17-20(32)16-30-25-9-5-3-7-21(25)22-8-4-6-10-26(22)30/h3-12,15,20,32H,13-14,16-18H2,1-2H3. The van der Waals surface area contributed by atoms with Gasteiger partial charge in [0.15, 0.2) is 0 Å². The molecule has 1 atom stereocenters. The maximum atomic E-state index is 11.3. The van der Waals surface area contributed by atoms with E-state index >= 15 is 0 Å². The minimum Gasteiger partial charge on any atom is -0.389 e. The Morgan fingerprint density at radius 3 is 2.16 bits per heavy atom. The summed E-state index contributed by atoms with van der Waals surface area (Å²) in [6.07, 6.45) is 0.552. The lowest BCUT2D eigenvalue weighted by Gasteiger charge is -2.25. The van der Waals surface area contributed by atoms with Gasteiger partial charge in [0.1, 0.15) is 0 Å². The van der Waals surface area contributed by atoms with Crippen molar-refractivity contribution in [1.29, 1.82) is 0 Å². The molecule has 0 aliphatic carbocycles. The van der Waals surface area contributed by atoms with Crippen molar-refractivity contribution in [1.82, 2.24) is 14.0 Å². The van der Waals surface area contributed by atoms with Crippen LogP contribution in [0.3, 0.4) is 0 Å². The largest absolute Gasteiger partial charge is 0.389 e. The zero-order valence-corrected chi connectivity index (χ0v) is 18.8. The summed E-state index contributed by atoms with van der Waals surface area (Å²) in [5, 5.41) is 15.2. The van der Waals surface area contributed by atoms with Crippen LogP contribution in [0.5, 0.6) is 0 Å². The van der Waals surface area contributed by atoms with Crippen LogP contribution in [0.2, 0.25) is 0 Å². The fourth-order valence-electron chi connectivity index (χ4n) is 5.59. The van der Waals surface area contributed by atoms with Crippen molar-refractivity contribution in [3.63, 3.8) is 0 Å². The quantitative estimate of drug-likeness (QED) is 0.436. The van der Waals surface area contributed by atoms with Crippen molar-refractivity contribution in [2.45, 2.75) is 39.1 Å². The summed E-state index contributed by atoms with van der Waals surface area (Å²) < 4.78 is 4.67. The number of rotatable bonds is 4. The van der Waals surface area contributed by atoms with Gasteiger partial charge in [-0.3, -0.25) is 0 Å². The second-order valence-corrected chi connectivity index (χ2v) is 9.34. The van der Waals surface area contributed by atoms with Crippen molar-refractivity contribution < 1.29 is 5.11 Å². The molecule has 1 aliphatic rings. The average molecular weight is 424 g/mol. The van der Waals surface area contributed by atoms with Crippen LogP contribution in [0.4, 0.5) is 0 Å². The molecule has 1 N–H and O–H groups in total. The van der Waals surface area contributed by atoms with E-state index in [-0.39, 0.29) is 0 Å². The summed E-state index contributed by atoms with van der Waals surface area (Å²) in [5.74, 6) is 0. The predicted molar refractivity (Wildman–Crippen MR) is 132 cm³/mol. The molecule has 4 heteroatoms. The maximum Gasteiger partial charge on any atom is 0.0897 e. The highest BCUT2D eigenvalue weighted by atomic mass is 16.3. The van der Waals surface area contributed by atoms with Gasteiger partial charge in [-0.25, -0.2) is 0 Å². The number of para-hydroxylation sites is 2. The Labute approximate surface area is 188 Å². The lowest BCUT2D eigenvalue weighted by molar-refractivity contribution is 0.137. The smallest absolute Gasteiger partial charge is 0.0897 e. The van der Waals surface area contributed by atoms with Gasteiger partial charge in [0, 0.05) is 57.9 Å². The highest BCUT2D eigenvalue weighted by Crippen LogP contribution is 2.33. The van der Waals surface area contributed by atoms with E-state index in [1.807, 2.05) is 0 Å². The van der Waals surface area contributed by atoms with Gasteiger partial charge in [-0.1, -0.05) is 48.0 Å². The van der Waals surface area contributed by atoms with Gasteiger partial charge in [0.2, 0.25) is 0 Å². The van der Waals surface area contributed by atoms with Crippen molar-refractivity contribution >= 4 is 32.7 Å². The van der Waals surface area contributed by atoms with Crippen LogP contribution in [-0.4, -0.2) is 38.8 Å². The summed E-state index contributed by atoms with van der Waals surface area (Å²) in [4.78, 5) is 2.39. The van der Waals surface area contributed by atoms with Crippen molar-refractivity contribution in [3.05, 3.63) is 83.6 Å². The third-order valence-electron chi connectivity index (χ3n) is 7.07. The summed E-state index contributed by atoms with van der Waals surface area (Å²) in [6.45, 7) is 5.39. The Balaban J connectivity index is 1.41. The van der Waals surface area contributed by atoms with E-state index in [0.29, 0.717) is 13.1 Å². The minimum absolute atomic E-state index is 0.477. The molecule has 1 unspecified atom stereocenters. The van der Waals surface area contributed by atoms with Crippen LogP contribution < -0.4 is 0 Å². The molecular weight excluding hydrogens is 394 g/mol. The number of aliphatic hydroxyl groups is 1. The van der Waals surface area contributed by atoms with E-state index in [9.17, 15) is 5.11 Å². The van der Waals surface area contributed by atoms with Gasteiger partial charge >= 0.3 is 0 Å². The fourth-order valence-corrected chi connectivity index (χ4v) is 5.59. The van der Waals surface area contributed by atoms with Crippen LogP contribution in [0, 0.1) is 6.92 Å². The summed E-state index contributed by atoms with van der Waals surface area (Å²) in [6, 6.07) is 23.7. The first-order valence-corrected chi connectivity index (χ1v) is 11.5. The molecule has 1 aliphatic heterocycles. The van der Waals surface area contributed by atoms with Gasteiger partial charge in [0.05, 0.1) is 19.2 Å². The van der Waals surface area contributed by atoms with Gasteiger partial charge in [-0.15, -0.1) is 0 Å². The lowest BCUT2D eigenvalue weighted by Crippen LogP contribution is -2.29. The van der Waals surface area contributed by atoms with Crippen molar-refractivity contribution in [2.75, 3.05) is 13.6 Å². The molecule has 2 aromatic heterocycles. The minimum atomic E-state index is -0.477. The Kier molecular flexibility index (Phi) is 4.60. The molecule has 0 amide bonds. The average Bonchev–Trinajstić information content (AvgIpc) is 3.27. The van der Waals surface area contributed by atoms with Crippen LogP contribution in [-0.2, 0) is 26.1 Å². The summed E-state index contributed by atoms with van der Waals surface area (Å²) in [5.41, 5.74) is 7.73. The monoisotopic (exact) mass is 423 g/mol. The first kappa shape index (κ1) is 19.6. The lowest BCUT2D eigenvalue weighted by atomic mass is 10.0. The first-order valence-electron chi connectivity index (χ1n) is 11.5. The Morgan fingerprint density at radius 2 is 1.44 bits per heavy atom. The molecule has 0 saturated heterocycles. The molecule has 0 spiro atoms. The molecule has 3 heterocycles. The van der Waals surface area contributed by atoms with Gasteiger partial charge in [-0.2, -0.15) is 0 Å². The highest BCUT2D eigenvalue weighted by Gasteiger charge is 2.24. The van der Waals surface area contributed by atoms with Crippen LogP contribution in [0.25, 0.3) is 32.7 Å². The van der Waals surface area contributed by atoms with E-state index in [0.717, 1.165) is 19.5 Å². The zero-order chi connectivity index (χ0) is 21.8. The maximum absolute atomic E-state index is 11.3. The zero-order valence-electron chi connectivity index (χ0n) is 18.8. The van der Waals surface area contributed by atoms with Crippen LogP contribution in [0.1, 0.15) is 16.8 Å². The van der Waals surface area contributed by atoms with Crippen LogP contribution in [0.15, 0.2) is 66.7 Å². The Hall–Kier alpha value is -3.08. The van der Waals surface area contributed by atoms with Gasteiger partial charge in [-0.05, 0) is 43.8 Å². The van der Waals surface area contributed by atoms with Crippen molar-refractivity contribution in [3.8, 4) is 0 Å². The number of likely N-dealkylation sites (N-methyl/N-ethyl adjacent to an activating group) is 1. The third kappa shape index (κ3) is 3.06. The second-order valence-electron chi connectivity index (χ2n) is 9.34. The number of benzene rings is 3. The normalized spacial score (nSPS) is 15.6. The predicted octanol–water partition coefficient (Wildman–Crippen LogP) is 5.11. The van der Waals surface area contributed by atoms with Crippen LogP contribution >= 0.6 is 0 Å². The number of aliphatic hydroxyl groups excluding tert-OH is 1. The first-order chi connectivity index (χ1) is 15.6. The Morgan fingerprint density at radius 1 is 0.812 bits per heavy atom. The molecule has 3 aromatic carbocycles. The molecule has 0 fully saturated rings. The fraction of sp³-hybridized carbons (Fsp3) is 0.286. The topological polar surface area (TPSA) is 33.3 Å². The highest BCUT2D eigenvalue weighted by molar-refractivity contribution is 6.07. The molecular formula is C28H29N3O. The van der Waals surface area contributed by atoms with E-state index < -0.39 is 6.10 Å². The molecule has 0 bridgehead atoms. The van der Waals surface area contributed by atoms with Gasteiger partial charge < -0.3 is 19.1 Å². The van der Waals surface area contributed by atoms with E-state index in [2.05, 4.69) is 94.7 Å². The molecule has 6 rings (SSSR count). The molecule has 0 radical (unpaired) electrons. The van der Waals surface area contributed by atoms with E-state index in [1.165, 1.54) is 49.5 Å². The summed E-state index contributed by atoms with van der Waals surface area (Å²) >= 11 is 0. The number of hydrogen-bond donors (Lipinski definition) is 1. The molecule has 0 saturated carbocycles. The van der Waals surface area contributed by atoms with Crippen molar-refractivity contribution in [2.24, 2.45) is 0 Å². The number of aromatic nitrogens is 2. The Bertz CT molecular complexity index is 1410. The number of hydrogen-bond acceptors (Lipinski definition) is 2. The number of fused-ring (bicyclic) bond motifs is 6. The second kappa shape index (κ2) is 7.51. The van der Waals surface area contributed by atoms with Gasteiger partial charge in [0.25, 0.3) is 0 Å². The molecule has 4 nitrogen and oxygen atoms in total.